The van der Waals surface area contributed by atoms with Gasteiger partial charge in [0.15, 0.2) is 0 Å². The zero-order chi connectivity index (χ0) is 24.2. The van der Waals surface area contributed by atoms with Gasteiger partial charge in [-0.3, -0.25) is 4.79 Å². The molecule has 2 heterocycles. The number of aromatic nitrogens is 2. The predicted octanol–water partition coefficient (Wildman–Crippen LogP) is 3.97. The van der Waals surface area contributed by atoms with Gasteiger partial charge >= 0.3 is 0 Å². The van der Waals surface area contributed by atoms with Gasteiger partial charge in [-0.25, -0.2) is 9.97 Å². The number of hydrogen-bond acceptors (Lipinski definition) is 6. The molecule has 3 aromatic rings. The molecule has 178 valence electrons. The largest absolute Gasteiger partial charge is 0.497 e. The molecular weight excluding hydrogens is 428 g/mol. The third kappa shape index (κ3) is 5.14. The molecule has 0 atom stereocenters. The smallest absolute Gasteiger partial charge is 0.254 e. The molecule has 2 aromatic carbocycles. The van der Waals surface area contributed by atoms with Crippen LogP contribution in [0.25, 0.3) is 0 Å². The number of carbonyl (C=O) groups is 1. The molecule has 1 fully saturated rings. The molecule has 4 rings (SSSR count). The van der Waals surface area contributed by atoms with Crippen LogP contribution in [0, 0.1) is 20.8 Å². The molecular formula is C27H32N4O3. The number of aryl methyl sites for hydroxylation is 3. The summed E-state index contributed by atoms with van der Waals surface area (Å²) in [6, 6.07) is 13.8. The van der Waals surface area contributed by atoms with Crippen molar-refractivity contribution < 1.29 is 14.3 Å². The third-order valence-corrected chi connectivity index (χ3v) is 6.23. The SMILES string of the molecule is COc1cc(OC)cc(C(=O)N2CCN(c3nc(C)nc(C)c3Cc3cccc(C)c3)CC2)c1. The summed E-state index contributed by atoms with van der Waals surface area (Å²) in [4.78, 5) is 26.8. The number of amides is 1. The molecule has 0 N–H and O–H groups in total. The molecule has 0 saturated carbocycles. The van der Waals surface area contributed by atoms with E-state index in [1.165, 1.54) is 11.1 Å². The summed E-state index contributed by atoms with van der Waals surface area (Å²) in [6.07, 6.45) is 0.784. The first kappa shape index (κ1) is 23.5. The van der Waals surface area contributed by atoms with Gasteiger partial charge in [-0.15, -0.1) is 0 Å². The Morgan fingerprint density at radius 1 is 0.912 bits per heavy atom. The van der Waals surface area contributed by atoms with Crippen molar-refractivity contribution in [3.63, 3.8) is 0 Å². The quantitative estimate of drug-likeness (QED) is 0.555. The standard InChI is InChI=1S/C27H32N4O3/c1-18-7-6-8-21(13-18)14-25-19(2)28-20(3)29-26(25)30-9-11-31(12-10-30)27(32)22-15-23(33-4)17-24(16-22)34-5/h6-8,13,15-17H,9-12,14H2,1-5H3. The van der Waals surface area contributed by atoms with E-state index in [4.69, 9.17) is 14.5 Å². The van der Waals surface area contributed by atoms with Crippen LogP contribution in [0.2, 0.25) is 0 Å². The van der Waals surface area contributed by atoms with Crippen molar-refractivity contribution in [3.8, 4) is 11.5 Å². The maximum atomic E-state index is 13.2. The number of rotatable bonds is 6. The average Bonchev–Trinajstić information content (AvgIpc) is 2.85. The van der Waals surface area contributed by atoms with Crippen LogP contribution in [0.3, 0.4) is 0 Å². The van der Waals surface area contributed by atoms with Crippen molar-refractivity contribution >= 4 is 11.7 Å². The van der Waals surface area contributed by atoms with E-state index in [1.807, 2.05) is 11.8 Å². The van der Waals surface area contributed by atoms with Crippen LogP contribution in [0.1, 0.15) is 38.6 Å². The Bertz CT molecular complexity index is 1160. The van der Waals surface area contributed by atoms with Crippen LogP contribution < -0.4 is 14.4 Å². The fourth-order valence-electron chi connectivity index (χ4n) is 4.45. The van der Waals surface area contributed by atoms with Crippen LogP contribution in [-0.2, 0) is 6.42 Å². The first-order chi connectivity index (χ1) is 16.4. The third-order valence-electron chi connectivity index (χ3n) is 6.23. The first-order valence-corrected chi connectivity index (χ1v) is 11.5. The van der Waals surface area contributed by atoms with E-state index < -0.39 is 0 Å². The minimum atomic E-state index is -0.0214. The molecule has 1 aliphatic heterocycles. The highest BCUT2D eigenvalue weighted by Crippen LogP contribution is 2.27. The Kier molecular flexibility index (Phi) is 7.01. The summed E-state index contributed by atoms with van der Waals surface area (Å²) < 4.78 is 10.7. The Morgan fingerprint density at radius 3 is 2.21 bits per heavy atom. The van der Waals surface area contributed by atoms with Crippen molar-refractivity contribution in [3.05, 3.63) is 76.2 Å². The summed E-state index contributed by atoms with van der Waals surface area (Å²) in [5, 5.41) is 0. The minimum Gasteiger partial charge on any atom is -0.497 e. The maximum absolute atomic E-state index is 13.2. The maximum Gasteiger partial charge on any atom is 0.254 e. The van der Waals surface area contributed by atoms with Crippen molar-refractivity contribution in [2.75, 3.05) is 45.3 Å². The van der Waals surface area contributed by atoms with Crippen LogP contribution in [0.15, 0.2) is 42.5 Å². The van der Waals surface area contributed by atoms with Crippen LogP contribution in [0.5, 0.6) is 11.5 Å². The van der Waals surface area contributed by atoms with Gasteiger partial charge in [0.1, 0.15) is 23.1 Å². The predicted molar refractivity (Wildman–Crippen MR) is 133 cm³/mol. The lowest BCUT2D eigenvalue weighted by molar-refractivity contribution is 0.0745. The molecule has 0 radical (unpaired) electrons. The number of hydrogen-bond donors (Lipinski definition) is 0. The van der Waals surface area contributed by atoms with Crippen molar-refractivity contribution in [2.24, 2.45) is 0 Å². The molecule has 1 aliphatic rings. The number of methoxy groups -OCH3 is 2. The summed E-state index contributed by atoms with van der Waals surface area (Å²) in [5.41, 5.74) is 5.21. The summed E-state index contributed by atoms with van der Waals surface area (Å²) in [6.45, 7) is 8.75. The zero-order valence-corrected chi connectivity index (χ0v) is 20.6. The summed E-state index contributed by atoms with van der Waals surface area (Å²) in [7, 11) is 3.17. The number of benzene rings is 2. The molecule has 0 spiro atoms. The van der Waals surface area contributed by atoms with E-state index in [2.05, 4.69) is 48.0 Å². The van der Waals surface area contributed by atoms with Crippen LogP contribution in [-0.4, -0.2) is 61.2 Å². The van der Waals surface area contributed by atoms with E-state index in [0.29, 0.717) is 43.2 Å². The second-order valence-corrected chi connectivity index (χ2v) is 8.70. The number of carbonyl (C=O) groups excluding carboxylic acids is 1. The molecule has 1 aromatic heterocycles. The van der Waals surface area contributed by atoms with Gasteiger partial charge in [0.05, 0.1) is 14.2 Å². The van der Waals surface area contributed by atoms with Crippen LogP contribution >= 0.6 is 0 Å². The molecule has 7 heteroatoms. The van der Waals surface area contributed by atoms with Gasteiger partial charge in [0.25, 0.3) is 5.91 Å². The minimum absolute atomic E-state index is 0.0214. The topological polar surface area (TPSA) is 67.8 Å². The highest BCUT2D eigenvalue weighted by Gasteiger charge is 2.26. The monoisotopic (exact) mass is 460 g/mol. The Hall–Kier alpha value is -3.61. The Morgan fingerprint density at radius 2 is 1.59 bits per heavy atom. The van der Waals surface area contributed by atoms with E-state index in [0.717, 1.165) is 29.3 Å². The van der Waals surface area contributed by atoms with Gasteiger partial charge in [-0.05, 0) is 38.5 Å². The van der Waals surface area contributed by atoms with E-state index in [1.54, 1.807) is 32.4 Å². The number of nitrogens with zero attached hydrogens (tertiary/aromatic N) is 4. The van der Waals surface area contributed by atoms with Gasteiger partial charge in [0.2, 0.25) is 0 Å². The van der Waals surface area contributed by atoms with Crippen molar-refractivity contribution in [1.29, 1.82) is 0 Å². The number of anilines is 1. The van der Waals surface area contributed by atoms with Crippen molar-refractivity contribution in [2.45, 2.75) is 27.2 Å². The average molecular weight is 461 g/mol. The molecule has 0 aliphatic carbocycles. The summed E-state index contributed by atoms with van der Waals surface area (Å²) in [5.74, 6) is 2.93. The number of ether oxygens (including phenoxy) is 2. The second kappa shape index (κ2) is 10.1. The lowest BCUT2D eigenvalue weighted by Gasteiger charge is -2.36. The lowest BCUT2D eigenvalue weighted by Crippen LogP contribution is -2.49. The van der Waals surface area contributed by atoms with E-state index >= 15 is 0 Å². The molecule has 34 heavy (non-hydrogen) atoms. The molecule has 0 unspecified atom stereocenters. The fraction of sp³-hybridized carbons (Fsp3) is 0.370. The Balaban J connectivity index is 1.53. The Labute approximate surface area is 201 Å². The fourth-order valence-corrected chi connectivity index (χ4v) is 4.45. The summed E-state index contributed by atoms with van der Waals surface area (Å²) >= 11 is 0. The normalized spacial score (nSPS) is 13.7. The highest BCUT2D eigenvalue weighted by molar-refractivity contribution is 5.95. The molecule has 7 nitrogen and oxygen atoms in total. The van der Waals surface area contributed by atoms with Gasteiger partial charge in [0, 0.05) is 55.5 Å². The molecule has 1 saturated heterocycles. The zero-order valence-electron chi connectivity index (χ0n) is 20.6. The van der Waals surface area contributed by atoms with Crippen LogP contribution in [0.4, 0.5) is 5.82 Å². The van der Waals surface area contributed by atoms with E-state index in [9.17, 15) is 4.79 Å². The van der Waals surface area contributed by atoms with Gasteiger partial charge in [-0.1, -0.05) is 29.8 Å². The lowest BCUT2D eigenvalue weighted by atomic mass is 10.0. The van der Waals surface area contributed by atoms with Crippen molar-refractivity contribution in [1.82, 2.24) is 14.9 Å². The first-order valence-electron chi connectivity index (χ1n) is 11.5. The number of piperazine rings is 1. The highest BCUT2D eigenvalue weighted by atomic mass is 16.5. The molecule has 1 amide bonds. The van der Waals surface area contributed by atoms with E-state index in [-0.39, 0.29) is 5.91 Å². The molecule has 0 bridgehead atoms. The second-order valence-electron chi connectivity index (χ2n) is 8.70. The van der Waals surface area contributed by atoms with Gasteiger partial charge < -0.3 is 19.3 Å². The van der Waals surface area contributed by atoms with Gasteiger partial charge in [-0.2, -0.15) is 0 Å².